The number of halogens is 2. The number of hydrogen-bond acceptors (Lipinski definition) is 4. The van der Waals surface area contributed by atoms with Gasteiger partial charge in [-0.2, -0.15) is 4.98 Å². The van der Waals surface area contributed by atoms with Gasteiger partial charge in [-0.1, -0.05) is 41.9 Å². The van der Waals surface area contributed by atoms with Crippen LogP contribution in [0.15, 0.2) is 60.8 Å². The molecule has 0 fully saturated rings. The topological polar surface area (TPSA) is 49.8 Å². The molecule has 0 saturated carbocycles. The molecule has 4 nitrogen and oxygen atoms in total. The van der Waals surface area contributed by atoms with E-state index in [1.807, 2.05) is 24.3 Å². The van der Waals surface area contributed by atoms with E-state index in [0.29, 0.717) is 11.6 Å². The van der Waals surface area contributed by atoms with Crippen LogP contribution in [0, 0.1) is 5.82 Å². The number of nitrogens with zero attached hydrogens (tertiary/aromatic N) is 2. The van der Waals surface area contributed by atoms with Crippen LogP contribution in [0.3, 0.4) is 0 Å². The second-order valence-corrected chi connectivity index (χ2v) is 5.94. The molecule has 0 saturated heterocycles. The predicted molar refractivity (Wildman–Crippen MR) is 100.0 cm³/mol. The van der Waals surface area contributed by atoms with Crippen molar-refractivity contribution in [2.24, 2.45) is 0 Å². The van der Waals surface area contributed by atoms with Crippen LogP contribution in [0.5, 0.6) is 0 Å². The van der Waals surface area contributed by atoms with Crippen LogP contribution in [-0.2, 0) is 6.42 Å². The Balaban J connectivity index is 1.53. The third kappa shape index (κ3) is 5.16. The van der Waals surface area contributed by atoms with Crippen molar-refractivity contribution >= 4 is 29.1 Å². The highest BCUT2D eigenvalue weighted by atomic mass is 35.5. The van der Waals surface area contributed by atoms with Gasteiger partial charge in [0.1, 0.15) is 11.6 Å². The van der Waals surface area contributed by atoms with Crippen molar-refractivity contribution in [3.05, 3.63) is 77.2 Å². The van der Waals surface area contributed by atoms with E-state index < -0.39 is 5.82 Å². The van der Waals surface area contributed by atoms with Crippen LogP contribution in [0.2, 0.25) is 5.02 Å². The molecule has 0 aliphatic heterocycles. The number of benzene rings is 2. The van der Waals surface area contributed by atoms with Crippen LogP contribution < -0.4 is 10.6 Å². The lowest BCUT2D eigenvalue weighted by Crippen LogP contribution is -2.06. The lowest BCUT2D eigenvalue weighted by Gasteiger charge is -2.09. The fourth-order valence-electron chi connectivity index (χ4n) is 2.37. The smallest absolute Gasteiger partial charge is 0.229 e. The first-order valence-corrected chi connectivity index (χ1v) is 8.41. The van der Waals surface area contributed by atoms with E-state index in [0.717, 1.165) is 25.2 Å². The molecule has 0 radical (unpaired) electrons. The second kappa shape index (κ2) is 8.44. The standard InChI is InChI=1S/C19H18ClFN4/c20-16-13-15(8-9-17(16)21)24-19-23-12-10-18(25-19)22-11-4-7-14-5-2-1-3-6-14/h1-3,5-6,8-10,12-13H,4,7,11H2,(H2,22,23,24,25). The van der Waals surface area contributed by atoms with Gasteiger partial charge in [0.15, 0.2) is 0 Å². The van der Waals surface area contributed by atoms with Crippen molar-refractivity contribution in [1.82, 2.24) is 9.97 Å². The Morgan fingerprint density at radius 1 is 1.04 bits per heavy atom. The van der Waals surface area contributed by atoms with Gasteiger partial charge in [0.25, 0.3) is 0 Å². The number of aryl methyl sites for hydroxylation is 1. The van der Waals surface area contributed by atoms with Gasteiger partial charge in [-0.05, 0) is 42.7 Å². The molecule has 3 aromatic rings. The molecule has 1 heterocycles. The van der Waals surface area contributed by atoms with Gasteiger partial charge in [0.05, 0.1) is 5.02 Å². The number of rotatable bonds is 7. The molecule has 1 aromatic heterocycles. The number of aromatic nitrogens is 2. The molecule has 2 N–H and O–H groups in total. The number of anilines is 3. The Kier molecular flexibility index (Phi) is 5.80. The molecule has 0 amide bonds. The summed E-state index contributed by atoms with van der Waals surface area (Å²) >= 11 is 5.78. The minimum absolute atomic E-state index is 0.0557. The minimum Gasteiger partial charge on any atom is -0.370 e. The van der Waals surface area contributed by atoms with Crippen LogP contribution >= 0.6 is 11.6 Å². The zero-order valence-corrected chi connectivity index (χ0v) is 14.3. The average Bonchev–Trinajstić information content (AvgIpc) is 2.63. The molecule has 0 unspecified atom stereocenters. The highest BCUT2D eigenvalue weighted by Gasteiger charge is 2.04. The van der Waals surface area contributed by atoms with E-state index in [2.05, 4.69) is 32.7 Å². The van der Waals surface area contributed by atoms with Gasteiger partial charge in [-0.15, -0.1) is 0 Å². The molecule has 128 valence electrons. The van der Waals surface area contributed by atoms with Crippen LogP contribution in [0.25, 0.3) is 0 Å². The Hall–Kier alpha value is -2.66. The van der Waals surface area contributed by atoms with E-state index in [9.17, 15) is 4.39 Å². The first kappa shape index (κ1) is 17.2. The molecule has 3 rings (SSSR count). The first-order valence-electron chi connectivity index (χ1n) is 8.03. The number of hydrogen-bond donors (Lipinski definition) is 2. The Morgan fingerprint density at radius 2 is 1.88 bits per heavy atom. The van der Waals surface area contributed by atoms with Gasteiger partial charge < -0.3 is 10.6 Å². The molecule has 0 spiro atoms. The van der Waals surface area contributed by atoms with Crippen molar-refractivity contribution in [3.63, 3.8) is 0 Å². The van der Waals surface area contributed by atoms with Gasteiger partial charge in [-0.25, -0.2) is 9.37 Å². The Labute approximate surface area is 151 Å². The molecule has 6 heteroatoms. The molecule has 0 bridgehead atoms. The summed E-state index contributed by atoms with van der Waals surface area (Å²) < 4.78 is 13.2. The zero-order valence-electron chi connectivity index (χ0n) is 13.5. The van der Waals surface area contributed by atoms with Crippen molar-refractivity contribution in [3.8, 4) is 0 Å². The van der Waals surface area contributed by atoms with Crippen LogP contribution in [0.4, 0.5) is 21.8 Å². The Morgan fingerprint density at radius 3 is 2.68 bits per heavy atom. The lowest BCUT2D eigenvalue weighted by molar-refractivity contribution is 0.628. The molecule has 2 aromatic carbocycles. The maximum absolute atomic E-state index is 13.2. The quantitative estimate of drug-likeness (QED) is 0.581. The van der Waals surface area contributed by atoms with E-state index in [1.165, 1.54) is 17.7 Å². The molecule has 0 aliphatic carbocycles. The fourth-order valence-corrected chi connectivity index (χ4v) is 2.55. The van der Waals surface area contributed by atoms with Crippen molar-refractivity contribution in [2.45, 2.75) is 12.8 Å². The van der Waals surface area contributed by atoms with Crippen molar-refractivity contribution < 1.29 is 4.39 Å². The highest BCUT2D eigenvalue weighted by Crippen LogP contribution is 2.21. The van der Waals surface area contributed by atoms with Gasteiger partial charge >= 0.3 is 0 Å². The average molecular weight is 357 g/mol. The summed E-state index contributed by atoms with van der Waals surface area (Å²) in [5.41, 5.74) is 1.95. The predicted octanol–water partition coefficient (Wildman–Crippen LogP) is 5.06. The highest BCUT2D eigenvalue weighted by molar-refractivity contribution is 6.31. The van der Waals surface area contributed by atoms with Crippen LogP contribution in [-0.4, -0.2) is 16.5 Å². The summed E-state index contributed by atoms with van der Waals surface area (Å²) in [6.45, 7) is 0.813. The van der Waals surface area contributed by atoms with Gasteiger partial charge in [0, 0.05) is 18.4 Å². The molecule has 0 atom stereocenters. The van der Waals surface area contributed by atoms with Gasteiger partial charge in [-0.3, -0.25) is 0 Å². The minimum atomic E-state index is -0.457. The van der Waals surface area contributed by atoms with Crippen molar-refractivity contribution in [2.75, 3.05) is 17.2 Å². The third-order valence-electron chi connectivity index (χ3n) is 3.62. The lowest BCUT2D eigenvalue weighted by atomic mass is 10.1. The SMILES string of the molecule is Fc1ccc(Nc2nccc(NCCCc3ccccc3)n2)cc1Cl. The number of nitrogens with one attached hydrogen (secondary N) is 2. The molecular formula is C19H18ClFN4. The monoisotopic (exact) mass is 356 g/mol. The summed E-state index contributed by atoms with van der Waals surface area (Å²) in [5, 5.41) is 6.36. The summed E-state index contributed by atoms with van der Waals surface area (Å²) in [4.78, 5) is 8.56. The van der Waals surface area contributed by atoms with Crippen molar-refractivity contribution in [1.29, 1.82) is 0 Å². The molecular weight excluding hydrogens is 339 g/mol. The maximum Gasteiger partial charge on any atom is 0.229 e. The summed E-state index contributed by atoms with van der Waals surface area (Å²) in [5.74, 6) is 0.705. The summed E-state index contributed by atoms with van der Waals surface area (Å²) in [6, 6.07) is 16.6. The summed E-state index contributed by atoms with van der Waals surface area (Å²) in [6.07, 6.45) is 3.68. The molecule has 0 aliphatic rings. The summed E-state index contributed by atoms with van der Waals surface area (Å²) in [7, 11) is 0. The van der Waals surface area contributed by atoms with Gasteiger partial charge in [0.2, 0.25) is 5.95 Å². The molecule has 25 heavy (non-hydrogen) atoms. The van der Waals surface area contributed by atoms with E-state index in [1.54, 1.807) is 12.3 Å². The van der Waals surface area contributed by atoms with E-state index in [4.69, 9.17) is 11.6 Å². The Bertz CT molecular complexity index is 827. The first-order chi connectivity index (χ1) is 12.2. The third-order valence-corrected chi connectivity index (χ3v) is 3.91. The maximum atomic E-state index is 13.2. The zero-order chi connectivity index (χ0) is 17.5. The fraction of sp³-hybridized carbons (Fsp3) is 0.158. The van der Waals surface area contributed by atoms with E-state index >= 15 is 0 Å². The normalized spacial score (nSPS) is 10.5. The van der Waals surface area contributed by atoms with Crippen LogP contribution in [0.1, 0.15) is 12.0 Å². The largest absolute Gasteiger partial charge is 0.370 e. The second-order valence-electron chi connectivity index (χ2n) is 5.54. The van der Waals surface area contributed by atoms with E-state index in [-0.39, 0.29) is 5.02 Å².